The summed E-state index contributed by atoms with van der Waals surface area (Å²) in [5.41, 5.74) is 0. The van der Waals surface area contributed by atoms with E-state index in [0.29, 0.717) is 6.10 Å². The highest BCUT2D eigenvalue weighted by molar-refractivity contribution is 4.69. The number of ether oxygens (including phenoxy) is 1. The Morgan fingerprint density at radius 1 is 1.45 bits per heavy atom. The molecule has 1 heterocycles. The zero-order chi connectivity index (χ0) is 8.10. The molecular formula is C8H18N2O. The molecule has 0 unspecified atom stereocenters. The Morgan fingerprint density at radius 2 is 2.09 bits per heavy atom. The fourth-order valence-electron chi connectivity index (χ4n) is 1.33. The van der Waals surface area contributed by atoms with Gasteiger partial charge in [-0.2, -0.15) is 0 Å². The molecule has 0 aromatic rings. The molecule has 3 heteroatoms. The summed E-state index contributed by atoms with van der Waals surface area (Å²) in [5.74, 6) is 0. The number of hydrogen-bond acceptors (Lipinski definition) is 3. The summed E-state index contributed by atoms with van der Waals surface area (Å²) in [6.45, 7) is 7.74. The Hall–Kier alpha value is -0.120. The monoisotopic (exact) mass is 158 g/mol. The van der Waals surface area contributed by atoms with Crippen LogP contribution in [0.3, 0.4) is 0 Å². The van der Waals surface area contributed by atoms with E-state index in [9.17, 15) is 0 Å². The van der Waals surface area contributed by atoms with Crippen molar-refractivity contribution in [3.63, 3.8) is 0 Å². The summed E-state index contributed by atoms with van der Waals surface area (Å²) >= 11 is 0. The van der Waals surface area contributed by atoms with Gasteiger partial charge in [-0.05, 0) is 6.92 Å². The summed E-state index contributed by atoms with van der Waals surface area (Å²) in [6, 6.07) is 0. The molecule has 0 radical (unpaired) electrons. The highest BCUT2D eigenvalue weighted by atomic mass is 16.5. The van der Waals surface area contributed by atoms with Crippen molar-refractivity contribution in [1.29, 1.82) is 0 Å². The second-order valence-electron chi connectivity index (χ2n) is 3.10. The van der Waals surface area contributed by atoms with Gasteiger partial charge in [-0.15, -0.1) is 0 Å². The second-order valence-corrected chi connectivity index (χ2v) is 3.10. The quantitative estimate of drug-likeness (QED) is 0.622. The molecule has 0 aliphatic carbocycles. The zero-order valence-corrected chi connectivity index (χ0v) is 7.47. The van der Waals surface area contributed by atoms with Gasteiger partial charge in [0.05, 0.1) is 6.10 Å². The predicted molar refractivity (Wildman–Crippen MR) is 45.8 cm³/mol. The van der Waals surface area contributed by atoms with E-state index in [2.05, 4.69) is 17.1 Å². The third-order valence-electron chi connectivity index (χ3n) is 2.13. The van der Waals surface area contributed by atoms with Crippen LogP contribution < -0.4 is 5.32 Å². The minimum Gasteiger partial charge on any atom is -0.380 e. The minimum atomic E-state index is 0.369. The molecule has 1 N–H and O–H groups in total. The molecule has 66 valence electrons. The molecule has 0 spiro atoms. The Morgan fingerprint density at radius 3 is 2.64 bits per heavy atom. The molecule has 11 heavy (non-hydrogen) atoms. The van der Waals surface area contributed by atoms with Crippen LogP contribution in [0, 0.1) is 0 Å². The van der Waals surface area contributed by atoms with Crippen molar-refractivity contribution in [2.24, 2.45) is 0 Å². The van der Waals surface area contributed by atoms with E-state index in [1.165, 1.54) is 0 Å². The molecule has 1 saturated heterocycles. The molecule has 1 atom stereocenters. The maximum Gasteiger partial charge on any atom is 0.0670 e. The summed E-state index contributed by atoms with van der Waals surface area (Å²) in [7, 11) is 1.77. The van der Waals surface area contributed by atoms with Crippen LogP contribution in [0.1, 0.15) is 6.92 Å². The lowest BCUT2D eigenvalue weighted by Gasteiger charge is -2.28. The third kappa shape index (κ3) is 3.18. The molecular weight excluding hydrogens is 140 g/mol. The van der Waals surface area contributed by atoms with Gasteiger partial charge in [-0.25, -0.2) is 0 Å². The molecule has 0 saturated carbocycles. The standard InChI is InChI=1S/C8H18N2O/c1-8(11-2)7-10-5-3-9-4-6-10/h8-9H,3-7H2,1-2H3/t8-/m0/s1. The highest BCUT2D eigenvalue weighted by Gasteiger charge is 2.11. The van der Waals surface area contributed by atoms with Crippen molar-refractivity contribution in [3.8, 4) is 0 Å². The first-order valence-electron chi connectivity index (χ1n) is 4.29. The van der Waals surface area contributed by atoms with E-state index in [1.807, 2.05) is 0 Å². The first-order valence-corrected chi connectivity index (χ1v) is 4.29. The van der Waals surface area contributed by atoms with Gasteiger partial charge in [0, 0.05) is 39.8 Å². The SMILES string of the molecule is CO[C@@H](C)CN1CCNCC1. The molecule has 1 rings (SSSR count). The van der Waals surface area contributed by atoms with E-state index in [0.717, 1.165) is 32.7 Å². The van der Waals surface area contributed by atoms with Crippen molar-refractivity contribution in [2.45, 2.75) is 13.0 Å². The van der Waals surface area contributed by atoms with Crippen molar-refractivity contribution >= 4 is 0 Å². The smallest absolute Gasteiger partial charge is 0.0670 e. The number of nitrogens with one attached hydrogen (secondary N) is 1. The highest BCUT2D eigenvalue weighted by Crippen LogP contribution is 1.96. The molecule has 0 bridgehead atoms. The van der Waals surface area contributed by atoms with Crippen molar-refractivity contribution in [3.05, 3.63) is 0 Å². The normalized spacial score (nSPS) is 23.5. The van der Waals surface area contributed by atoms with E-state index in [1.54, 1.807) is 7.11 Å². The largest absolute Gasteiger partial charge is 0.380 e. The number of methoxy groups -OCH3 is 1. The summed E-state index contributed by atoms with van der Waals surface area (Å²) in [4.78, 5) is 2.44. The van der Waals surface area contributed by atoms with E-state index < -0.39 is 0 Å². The molecule has 0 aromatic carbocycles. The Labute approximate surface area is 68.7 Å². The van der Waals surface area contributed by atoms with Crippen LogP contribution in [0.15, 0.2) is 0 Å². The fourth-order valence-corrected chi connectivity index (χ4v) is 1.33. The number of rotatable bonds is 3. The first kappa shape index (κ1) is 8.97. The van der Waals surface area contributed by atoms with Crippen LogP contribution in [-0.4, -0.2) is 50.8 Å². The predicted octanol–water partition coefficient (Wildman–Crippen LogP) is -0.0735. The maximum absolute atomic E-state index is 5.19. The van der Waals surface area contributed by atoms with Gasteiger partial charge in [0.25, 0.3) is 0 Å². The second kappa shape index (κ2) is 4.70. The average Bonchev–Trinajstić information content (AvgIpc) is 2.06. The lowest BCUT2D eigenvalue weighted by atomic mass is 10.3. The van der Waals surface area contributed by atoms with Crippen molar-refractivity contribution in [1.82, 2.24) is 10.2 Å². The minimum absolute atomic E-state index is 0.369. The van der Waals surface area contributed by atoms with E-state index in [-0.39, 0.29) is 0 Å². The van der Waals surface area contributed by atoms with Gasteiger partial charge < -0.3 is 10.1 Å². The van der Waals surface area contributed by atoms with Gasteiger partial charge in [0.2, 0.25) is 0 Å². The average molecular weight is 158 g/mol. The van der Waals surface area contributed by atoms with Gasteiger partial charge in [0.15, 0.2) is 0 Å². The van der Waals surface area contributed by atoms with Crippen LogP contribution in [0.2, 0.25) is 0 Å². The van der Waals surface area contributed by atoms with Gasteiger partial charge in [-0.3, -0.25) is 4.90 Å². The molecule has 0 amide bonds. The Kier molecular flexibility index (Phi) is 3.83. The van der Waals surface area contributed by atoms with Crippen LogP contribution in [0.25, 0.3) is 0 Å². The fraction of sp³-hybridized carbons (Fsp3) is 1.00. The summed E-state index contributed by atoms with van der Waals surface area (Å²) in [5, 5.41) is 3.32. The van der Waals surface area contributed by atoms with Crippen molar-refractivity contribution in [2.75, 3.05) is 39.8 Å². The molecule has 1 aliphatic rings. The van der Waals surface area contributed by atoms with Crippen LogP contribution >= 0.6 is 0 Å². The van der Waals surface area contributed by atoms with Crippen LogP contribution in [0.5, 0.6) is 0 Å². The van der Waals surface area contributed by atoms with Gasteiger partial charge in [0.1, 0.15) is 0 Å². The third-order valence-corrected chi connectivity index (χ3v) is 2.13. The first-order chi connectivity index (χ1) is 5.33. The Bertz CT molecular complexity index is 102. The van der Waals surface area contributed by atoms with Crippen LogP contribution in [0.4, 0.5) is 0 Å². The summed E-state index contributed by atoms with van der Waals surface area (Å²) in [6.07, 6.45) is 0.369. The zero-order valence-electron chi connectivity index (χ0n) is 7.47. The molecule has 0 aromatic heterocycles. The molecule has 3 nitrogen and oxygen atoms in total. The van der Waals surface area contributed by atoms with Crippen LogP contribution in [-0.2, 0) is 4.74 Å². The number of piperazine rings is 1. The summed E-state index contributed by atoms with van der Waals surface area (Å²) < 4.78 is 5.19. The van der Waals surface area contributed by atoms with E-state index in [4.69, 9.17) is 4.74 Å². The maximum atomic E-state index is 5.19. The number of nitrogens with zero attached hydrogens (tertiary/aromatic N) is 1. The van der Waals surface area contributed by atoms with Crippen molar-refractivity contribution < 1.29 is 4.74 Å². The molecule has 1 aliphatic heterocycles. The van der Waals surface area contributed by atoms with Gasteiger partial charge in [-0.1, -0.05) is 0 Å². The lowest BCUT2D eigenvalue weighted by Crippen LogP contribution is -2.46. The van der Waals surface area contributed by atoms with E-state index >= 15 is 0 Å². The molecule has 1 fully saturated rings. The number of hydrogen-bond donors (Lipinski definition) is 1. The Balaban J connectivity index is 2.13. The topological polar surface area (TPSA) is 24.5 Å². The lowest BCUT2D eigenvalue weighted by molar-refractivity contribution is 0.0726. The van der Waals surface area contributed by atoms with Gasteiger partial charge >= 0.3 is 0 Å².